The molecule has 0 spiro atoms. The second-order valence-corrected chi connectivity index (χ2v) is 13.2. The average molecular weight is 520 g/mol. The minimum atomic E-state index is 0. The summed E-state index contributed by atoms with van der Waals surface area (Å²) >= 11 is 0. The number of piperazine rings is 1. The number of benzene rings is 1. The van der Waals surface area contributed by atoms with Crippen LogP contribution in [0.5, 0.6) is 0 Å². The molecule has 0 unspecified atom stereocenters. The first-order valence-electron chi connectivity index (χ1n) is 14.7. The van der Waals surface area contributed by atoms with E-state index in [1.807, 2.05) is 0 Å². The van der Waals surface area contributed by atoms with Gasteiger partial charge in [0.15, 0.2) is 0 Å². The van der Waals surface area contributed by atoms with Crippen LogP contribution in [0.25, 0.3) is 0 Å². The molecule has 0 N–H and O–H groups in total. The van der Waals surface area contributed by atoms with Crippen molar-refractivity contribution in [1.82, 2.24) is 4.90 Å². The van der Waals surface area contributed by atoms with Crippen molar-refractivity contribution < 1.29 is 4.74 Å². The van der Waals surface area contributed by atoms with Crippen LogP contribution in [0.1, 0.15) is 98.0 Å². The maximum absolute atomic E-state index is 5.93. The minimum absolute atomic E-state index is 0. The first kappa shape index (κ1) is 29.6. The van der Waals surface area contributed by atoms with Gasteiger partial charge in [-0.3, -0.25) is 4.90 Å². The van der Waals surface area contributed by atoms with Crippen LogP contribution in [-0.4, -0.2) is 63.4 Å². The number of hydrogen-bond acceptors (Lipinski definition) is 4. The molecular weight excluding hydrogens is 466 g/mol. The third-order valence-corrected chi connectivity index (χ3v) is 8.76. The van der Waals surface area contributed by atoms with Crippen LogP contribution in [0, 0.1) is 10.8 Å². The van der Waals surface area contributed by atoms with E-state index < -0.39 is 0 Å². The van der Waals surface area contributed by atoms with Crippen LogP contribution in [0.3, 0.4) is 0 Å². The number of ether oxygens (including phenoxy) is 1. The Hall–Kier alpha value is -0.970. The molecule has 0 amide bonds. The molecule has 5 heteroatoms. The van der Waals surface area contributed by atoms with Gasteiger partial charge in [-0.25, -0.2) is 0 Å². The SMILES string of the molecule is CCCCN1CCN(c2ccc(N3CCC(OCC)CC3)cc2C2CC(C)(C)CC(C)(C)C2)CC1.Cl. The van der Waals surface area contributed by atoms with Gasteiger partial charge in [0.25, 0.3) is 0 Å². The summed E-state index contributed by atoms with van der Waals surface area (Å²) in [7, 11) is 0. The summed E-state index contributed by atoms with van der Waals surface area (Å²) in [5, 5.41) is 0. The average Bonchev–Trinajstić information content (AvgIpc) is 2.81. The van der Waals surface area contributed by atoms with Gasteiger partial charge >= 0.3 is 0 Å². The highest BCUT2D eigenvalue weighted by molar-refractivity contribution is 5.85. The van der Waals surface area contributed by atoms with Gasteiger partial charge in [0.05, 0.1) is 6.10 Å². The molecule has 4 rings (SSSR count). The van der Waals surface area contributed by atoms with Crippen LogP contribution >= 0.6 is 12.4 Å². The molecule has 1 aliphatic carbocycles. The summed E-state index contributed by atoms with van der Waals surface area (Å²) in [5.41, 5.74) is 5.37. The zero-order valence-corrected chi connectivity index (χ0v) is 25.0. The lowest BCUT2D eigenvalue weighted by Gasteiger charge is -2.46. The van der Waals surface area contributed by atoms with Crippen molar-refractivity contribution >= 4 is 23.8 Å². The summed E-state index contributed by atoms with van der Waals surface area (Å²) in [5.74, 6) is 0.641. The molecule has 2 aliphatic heterocycles. The molecule has 1 aromatic carbocycles. The predicted octanol–water partition coefficient (Wildman–Crippen LogP) is 7.36. The van der Waals surface area contributed by atoms with Crippen molar-refractivity contribution in [2.75, 3.05) is 62.2 Å². The van der Waals surface area contributed by atoms with E-state index in [-0.39, 0.29) is 12.4 Å². The standard InChI is InChI=1S/C31H53N3O.ClH/c1-7-9-14-32-17-19-34(20-18-32)29-11-10-26(33-15-12-27(13-16-33)35-8-2)21-28(29)25-22-30(3,4)24-31(5,6)23-25;/h10-11,21,25,27H,7-9,12-20,22-24H2,1-6H3;1H. The molecule has 1 saturated carbocycles. The zero-order valence-electron chi connectivity index (χ0n) is 24.2. The lowest BCUT2D eigenvalue weighted by atomic mass is 9.60. The van der Waals surface area contributed by atoms with Gasteiger partial charge in [-0.05, 0) is 92.5 Å². The Kier molecular flexibility index (Phi) is 10.5. The predicted molar refractivity (Wildman–Crippen MR) is 158 cm³/mol. The van der Waals surface area contributed by atoms with Crippen molar-refractivity contribution in [1.29, 1.82) is 0 Å². The number of rotatable bonds is 8. The number of piperidine rings is 1. The highest BCUT2D eigenvalue weighted by atomic mass is 35.5. The van der Waals surface area contributed by atoms with Gasteiger partial charge < -0.3 is 14.5 Å². The smallest absolute Gasteiger partial charge is 0.0608 e. The number of unbranched alkanes of at least 4 members (excludes halogenated alkanes) is 1. The molecule has 3 aliphatic rings. The van der Waals surface area contributed by atoms with E-state index >= 15 is 0 Å². The van der Waals surface area contributed by atoms with E-state index in [9.17, 15) is 0 Å². The summed E-state index contributed by atoms with van der Waals surface area (Å²) in [6, 6.07) is 7.50. The van der Waals surface area contributed by atoms with Crippen molar-refractivity contribution in [2.45, 2.75) is 98.5 Å². The van der Waals surface area contributed by atoms with Crippen molar-refractivity contribution in [3.05, 3.63) is 23.8 Å². The first-order chi connectivity index (χ1) is 16.7. The molecule has 0 bridgehead atoms. The normalized spacial score (nSPS) is 23.5. The lowest BCUT2D eigenvalue weighted by Crippen LogP contribution is -2.47. The maximum Gasteiger partial charge on any atom is 0.0608 e. The lowest BCUT2D eigenvalue weighted by molar-refractivity contribution is 0.0459. The number of hydrogen-bond donors (Lipinski definition) is 0. The molecule has 2 heterocycles. The first-order valence-corrected chi connectivity index (χ1v) is 14.7. The third-order valence-electron chi connectivity index (χ3n) is 8.76. The topological polar surface area (TPSA) is 19.0 Å². The van der Waals surface area contributed by atoms with Gasteiger partial charge in [-0.2, -0.15) is 0 Å². The Bertz CT molecular complexity index is 794. The molecule has 0 aromatic heterocycles. The van der Waals surface area contributed by atoms with Crippen LogP contribution in [-0.2, 0) is 4.74 Å². The largest absolute Gasteiger partial charge is 0.378 e. The van der Waals surface area contributed by atoms with Crippen LogP contribution < -0.4 is 9.80 Å². The molecule has 0 atom stereocenters. The van der Waals surface area contributed by atoms with Gasteiger partial charge in [0, 0.05) is 57.3 Å². The van der Waals surface area contributed by atoms with Crippen molar-refractivity contribution in [3.8, 4) is 0 Å². The number of nitrogens with zero attached hydrogens (tertiary/aromatic N) is 3. The summed E-state index contributed by atoms with van der Waals surface area (Å²) in [6.07, 6.45) is 9.28. The fourth-order valence-electron chi connectivity index (χ4n) is 7.53. The van der Waals surface area contributed by atoms with Gasteiger partial charge in [-0.15, -0.1) is 12.4 Å². The monoisotopic (exact) mass is 519 g/mol. The molecule has 4 nitrogen and oxygen atoms in total. The quantitative estimate of drug-likeness (QED) is 0.357. The van der Waals surface area contributed by atoms with E-state index in [4.69, 9.17) is 4.74 Å². The molecule has 36 heavy (non-hydrogen) atoms. The molecule has 3 fully saturated rings. The highest BCUT2D eigenvalue weighted by Gasteiger charge is 2.40. The second kappa shape index (κ2) is 12.7. The van der Waals surface area contributed by atoms with Crippen LogP contribution in [0.15, 0.2) is 18.2 Å². The highest BCUT2D eigenvalue weighted by Crippen LogP contribution is 2.53. The van der Waals surface area contributed by atoms with Gasteiger partial charge in [0.1, 0.15) is 0 Å². The van der Waals surface area contributed by atoms with Gasteiger partial charge in [0.2, 0.25) is 0 Å². The van der Waals surface area contributed by atoms with Crippen LogP contribution in [0.2, 0.25) is 0 Å². The Morgan fingerprint density at radius 3 is 2.08 bits per heavy atom. The molecule has 1 aromatic rings. The minimum Gasteiger partial charge on any atom is -0.378 e. The van der Waals surface area contributed by atoms with Crippen molar-refractivity contribution in [3.63, 3.8) is 0 Å². The van der Waals surface area contributed by atoms with Crippen molar-refractivity contribution in [2.24, 2.45) is 10.8 Å². The molecule has 0 radical (unpaired) electrons. The Labute approximate surface area is 228 Å². The fourth-order valence-corrected chi connectivity index (χ4v) is 7.53. The van der Waals surface area contributed by atoms with E-state index in [1.165, 1.54) is 63.1 Å². The van der Waals surface area contributed by atoms with E-state index in [0.717, 1.165) is 45.6 Å². The summed E-state index contributed by atoms with van der Waals surface area (Å²) < 4.78 is 5.93. The van der Waals surface area contributed by atoms with E-state index in [0.29, 0.717) is 22.9 Å². The van der Waals surface area contributed by atoms with Gasteiger partial charge in [-0.1, -0.05) is 41.0 Å². The Morgan fingerprint density at radius 1 is 0.861 bits per heavy atom. The van der Waals surface area contributed by atoms with E-state index in [2.05, 4.69) is 74.4 Å². The molecular formula is C31H54ClN3O. The molecule has 206 valence electrons. The number of anilines is 2. The number of halogens is 1. The Morgan fingerprint density at radius 2 is 1.50 bits per heavy atom. The second-order valence-electron chi connectivity index (χ2n) is 13.2. The fraction of sp³-hybridized carbons (Fsp3) is 0.806. The Balaban J connectivity index is 0.00000361. The third kappa shape index (κ3) is 7.54. The summed E-state index contributed by atoms with van der Waals surface area (Å²) in [6.45, 7) is 23.5. The zero-order chi connectivity index (χ0) is 25.1. The summed E-state index contributed by atoms with van der Waals surface area (Å²) in [4.78, 5) is 7.99. The maximum atomic E-state index is 5.93. The van der Waals surface area contributed by atoms with E-state index in [1.54, 1.807) is 5.56 Å². The molecule has 2 saturated heterocycles. The van der Waals surface area contributed by atoms with Crippen LogP contribution in [0.4, 0.5) is 11.4 Å².